The maximum atomic E-state index is 13.1. The van der Waals surface area contributed by atoms with E-state index in [9.17, 15) is 9.59 Å². The third-order valence-corrected chi connectivity index (χ3v) is 6.92. The molecule has 1 aromatic heterocycles. The van der Waals surface area contributed by atoms with Crippen molar-refractivity contribution in [3.8, 4) is 0 Å². The quantitative estimate of drug-likeness (QED) is 0.671. The van der Waals surface area contributed by atoms with Crippen LogP contribution < -0.4 is 5.32 Å². The summed E-state index contributed by atoms with van der Waals surface area (Å²) in [4.78, 5) is 28.2. The molecular formula is C23H29ClN2O3. The summed E-state index contributed by atoms with van der Waals surface area (Å²) in [6, 6.07) is 5.70. The molecule has 1 saturated carbocycles. The summed E-state index contributed by atoms with van der Waals surface area (Å²) in [7, 11) is 0. The maximum absolute atomic E-state index is 13.1. The molecule has 0 radical (unpaired) electrons. The van der Waals surface area contributed by atoms with E-state index < -0.39 is 5.97 Å². The van der Waals surface area contributed by atoms with E-state index in [1.165, 1.54) is 32.1 Å². The van der Waals surface area contributed by atoms with Crippen LogP contribution in [0, 0.1) is 11.8 Å². The third kappa shape index (κ3) is 4.22. The fourth-order valence-corrected chi connectivity index (χ4v) is 5.40. The van der Waals surface area contributed by atoms with Crippen LogP contribution in [0.3, 0.4) is 0 Å². The van der Waals surface area contributed by atoms with E-state index in [0.29, 0.717) is 29.9 Å². The van der Waals surface area contributed by atoms with E-state index >= 15 is 0 Å². The summed E-state index contributed by atoms with van der Waals surface area (Å²) in [6.45, 7) is 2.99. The lowest BCUT2D eigenvalue weighted by atomic mass is 9.75. The van der Waals surface area contributed by atoms with Gasteiger partial charge in [-0.05, 0) is 49.4 Å². The minimum Gasteiger partial charge on any atom is -0.461 e. The number of benzene rings is 1. The van der Waals surface area contributed by atoms with E-state index in [-0.39, 0.29) is 17.5 Å². The molecule has 2 heterocycles. The van der Waals surface area contributed by atoms with Crippen molar-refractivity contribution in [1.29, 1.82) is 0 Å². The molecule has 2 aliphatic rings. The highest BCUT2D eigenvalue weighted by atomic mass is 35.5. The van der Waals surface area contributed by atoms with Crippen LogP contribution in [0.15, 0.2) is 18.2 Å². The summed E-state index contributed by atoms with van der Waals surface area (Å²) < 4.78 is 5.05. The van der Waals surface area contributed by atoms with E-state index in [0.717, 1.165) is 29.4 Å². The van der Waals surface area contributed by atoms with Crippen LogP contribution in [0.2, 0.25) is 5.02 Å². The zero-order valence-corrected chi connectivity index (χ0v) is 17.7. The van der Waals surface area contributed by atoms with Gasteiger partial charge in [0, 0.05) is 17.3 Å². The second-order valence-corrected chi connectivity index (χ2v) is 8.72. The van der Waals surface area contributed by atoms with Crippen LogP contribution in [0.4, 0.5) is 0 Å². The largest absolute Gasteiger partial charge is 0.461 e. The summed E-state index contributed by atoms with van der Waals surface area (Å²) >= 11 is 6.42. The number of carbonyl (C=O) groups is 2. The van der Waals surface area contributed by atoms with Crippen LogP contribution in [-0.2, 0) is 16.0 Å². The average Bonchev–Trinajstić information content (AvgIpc) is 3.34. The van der Waals surface area contributed by atoms with Gasteiger partial charge in [0.05, 0.1) is 17.7 Å². The molecule has 0 amide bonds. The summed E-state index contributed by atoms with van der Waals surface area (Å²) in [5.41, 5.74) is 1.96. The van der Waals surface area contributed by atoms with Gasteiger partial charge in [-0.3, -0.25) is 4.79 Å². The molecule has 1 aliphatic carbocycles. The number of ether oxygens (including phenoxy) is 1. The Labute approximate surface area is 176 Å². The first-order valence-electron chi connectivity index (χ1n) is 10.8. The van der Waals surface area contributed by atoms with Crippen molar-refractivity contribution in [2.75, 3.05) is 13.2 Å². The van der Waals surface area contributed by atoms with Crippen molar-refractivity contribution in [2.24, 2.45) is 11.8 Å². The number of hydrogen-bond donors (Lipinski definition) is 2. The topological polar surface area (TPSA) is 71.2 Å². The smallest absolute Gasteiger partial charge is 0.356 e. The number of esters is 1. The number of halogens is 1. The molecule has 4 rings (SSSR count). The number of rotatable bonds is 6. The van der Waals surface area contributed by atoms with E-state index in [4.69, 9.17) is 16.3 Å². The van der Waals surface area contributed by atoms with Gasteiger partial charge in [-0.15, -0.1) is 0 Å². The lowest BCUT2D eigenvalue weighted by molar-refractivity contribution is -0.121. The van der Waals surface area contributed by atoms with Crippen LogP contribution in [0.5, 0.6) is 0 Å². The van der Waals surface area contributed by atoms with Crippen molar-refractivity contribution in [2.45, 2.75) is 57.9 Å². The minimum atomic E-state index is -0.461. The predicted molar refractivity (Wildman–Crippen MR) is 114 cm³/mol. The lowest BCUT2D eigenvalue weighted by Crippen LogP contribution is -2.40. The summed E-state index contributed by atoms with van der Waals surface area (Å²) in [6.07, 6.45) is 7.94. The predicted octanol–water partition coefficient (Wildman–Crippen LogP) is 4.67. The molecule has 1 saturated heterocycles. The van der Waals surface area contributed by atoms with Gasteiger partial charge in [0.25, 0.3) is 0 Å². The van der Waals surface area contributed by atoms with Crippen LogP contribution in [0.25, 0.3) is 10.9 Å². The highest BCUT2D eigenvalue weighted by molar-refractivity contribution is 6.38. The Bertz CT molecular complexity index is 901. The van der Waals surface area contributed by atoms with E-state index in [1.54, 1.807) is 6.92 Å². The number of Topliss-reactive ketones (excluding diaryl/α,β-unsaturated/α-hetero) is 1. The van der Waals surface area contributed by atoms with Gasteiger partial charge in [0.1, 0.15) is 5.69 Å². The third-order valence-electron chi connectivity index (χ3n) is 6.53. The summed E-state index contributed by atoms with van der Waals surface area (Å²) in [5, 5.41) is 4.57. The van der Waals surface area contributed by atoms with Crippen LogP contribution >= 0.6 is 11.6 Å². The molecule has 1 aromatic carbocycles. The molecule has 2 fully saturated rings. The Morgan fingerprint density at radius 3 is 2.72 bits per heavy atom. The Hall–Kier alpha value is -1.85. The maximum Gasteiger partial charge on any atom is 0.356 e. The molecule has 0 bridgehead atoms. The highest BCUT2D eigenvalue weighted by Crippen LogP contribution is 2.36. The zero-order valence-electron chi connectivity index (χ0n) is 16.9. The molecular weight excluding hydrogens is 388 g/mol. The average molecular weight is 417 g/mol. The van der Waals surface area contributed by atoms with Gasteiger partial charge >= 0.3 is 5.97 Å². The number of aromatic nitrogens is 1. The van der Waals surface area contributed by atoms with Crippen molar-refractivity contribution in [3.05, 3.63) is 34.5 Å². The fraction of sp³-hybridized carbons (Fsp3) is 0.565. The number of hydrogen-bond acceptors (Lipinski definition) is 4. The monoisotopic (exact) mass is 416 g/mol. The molecule has 29 heavy (non-hydrogen) atoms. The number of carbonyl (C=O) groups excluding carboxylic acids is 2. The molecule has 2 atom stereocenters. The lowest BCUT2D eigenvalue weighted by Gasteiger charge is -2.30. The standard InChI is InChI=1S/C23H29ClN2O3/c1-2-29-23(28)22-20(24)17-12-14(8-9-18(17)26-22)13-19(27)21-16(10-11-25-21)15-6-4-3-5-7-15/h8-9,12,15-16,21,25-26H,2-7,10-11,13H2,1H3/t16-,21-/m0/s1. The van der Waals surface area contributed by atoms with E-state index in [2.05, 4.69) is 10.3 Å². The van der Waals surface area contributed by atoms with Crippen LogP contribution in [-0.4, -0.2) is 35.9 Å². The molecule has 2 aromatic rings. The molecule has 6 heteroatoms. The van der Waals surface area contributed by atoms with Crippen molar-refractivity contribution < 1.29 is 14.3 Å². The van der Waals surface area contributed by atoms with Gasteiger partial charge in [0.15, 0.2) is 5.78 Å². The van der Waals surface area contributed by atoms with Crippen molar-refractivity contribution >= 4 is 34.3 Å². The second-order valence-electron chi connectivity index (χ2n) is 8.34. The van der Waals surface area contributed by atoms with Gasteiger partial charge < -0.3 is 15.0 Å². The molecule has 0 unspecified atom stereocenters. The number of aromatic amines is 1. The number of fused-ring (bicyclic) bond motifs is 1. The first-order valence-corrected chi connectivity index (χ1v) is 11.2. The Morgan fingerprint density at radius 1 is 1.17 bits per heavy atom. The van der Waals surface area contributed by atoms with E-state index in [1.807, 2.05) is 18.2 Å². The molecule has 5 nitrogen and oxygen atoms in total. The Kier molecular flexibility index (Phi) is 6.26. The van der Waals surface area contributed by atoms with Gasteiger partial charge in [-0.2, -0.15) is 0 Å². The highest BCUT2D eigenvalue weighted by Gasteiger charge is 2.37. The normalized spacial score (nSPS) is 22.8. The molecule has 0 spiro atoms. The number of H-pyrrole nitrogens is 1. The first-order chi connectivity index (χ1) is 14.1. The van der Waals surface area contributed by atoms with Gasteiger partial charge in [-0.1, -0.05) is 49.8 Å². The Balaban J connectivity index is 1.50. The first kappa shape index (κ1) is 20.4. The fourth-order valence-electron chi connectivity index (χ4n) is 5.12. The van der Waals surface area contributed by atoms with Crippen molar-refractivity contribution in [3.63, 3.8) is 0 Å². The van der Waals surface area contributed by atoms with Gasteiger partial charge in [0.2, 0.25) is 0 Å². The Morgan fingerprint density at radius 2 is 1.97 bits per heavy atom. The molecule has 2 N–H and O–H groups in total. The minimum absolute atomic E-state index is 0.0365. The van der Waals surface area contributed by atoms with Gasteiger partial charge in [-0.25, -0.2) is 4.79 Å². The molecule has 156 valence electrons. The van der Waals surface area contributed by atoms with Crippen molar-refractivity contribution in [1.82, 2.24) is 10.3 Å². The summed E-state index contributed by atoms with van der Waals surface area (Å²) in [5.74, 6) is 0.950. The SMILES string of the molecule is CCOC(=O)c1[nH]c2ccc(CC(=O)[C@H]3NCC[C@H]3C3CCCCC3)cc2c1Cl. The second kappa shape index (κ2) is 8.88. The number of ketones is 1. The number of nitrogens with one attached hydrogen (secondary N) is 2. The molecule has 1 aliphatic heterocycles. The zero-order chi connectivity index (χ0) is 20.4. The van der Waals surface area contributed by atoms with Crippen LogP contribution in [0.1, 0.15) is 61.5 Å².